The molecule has 0 saturated heterocycles. The molecule has 1 aliphatic rings. The molecule has 4 heteroatoms. The highest BCUT2D eigenvalue weighted by Crippen LogP contribution is 1.94. The summed E-state index contributed by atoms with van der Waals surface area (Å²) < 4.78 is 0. The van der Waals surface area contributed by atoms with Crippen LogP contribution in [0.5, 0.6) is 0 Å². The monoisotopic (exact) mass is 124 g/mol. The van der Waals surface area contributed by atoms with Gasteiger partial charge in [-0.15, -0.1) is 0 Å². The molecule has 46 valence electrons. The van der Waals surface area contributed by atoms with Gasteiger partial charge in [0.25, 0.3) is 5.91 Å². The molecule has 1 amide bonds. The molecule has 9 heavy (non-hydrogen) atoms. The first-order valence-corrected chi connectivity index (χ1v) is 2.39. The zero-order chi connectivity index (χ0) is 6.69. The summed E-state index contributed by atoms with van der Waals surface area (Å²) in [6.07, 6.45) is 2.91. The maximum Gasteiger partial charge on any atom is 0.262 e. The zero-order valence-corrected chi connectivity index (χ0v) is 4.52. The zero-order valence-electron chi connectivity index (χ0n) is 4.52. The number of carbonyl (C=O) groups excluding carboxylic acids is 2. The number of carbonyl (C=O) groups is 2. The molecule has 0 aliphatic carbocycles. The van der Waals surface area contributed by atoms with E-state index in [2.05, 4.69) is 9.98 Å². The van der Waals surface area contributed by atoms with Crippen LogP contribution in [0.4, 0.5) is 0 Å². The van der Waals surface area contributed by atoms with Gasteiger partial charge in [0.15, 0.2) is 0 Å². The fraction of sp³-hybridized carbons (Fsp3) is 0.200. The Balaban J connectivity index is 2.77. The Labute approximate surface area is 51.3 Å². The van der Waals surface area contributed by atoms with E-state index in [1.165, 1.54) is 6.21 Å². The third kappa shape index (κ3) is 1.07. The van der Waals surface area contributed by atoms with Crippen molar-refractivity contribution in [3.8, 4) is 0 Å². The van der Waals surface area contributed by atoms with Gasteiger partial charge >= 0.3 is 0 Å². The molecule has 1 unspecified atom stereocenters. The Hall–Kier alpha value is -1.32. The predicted octanol–water partition coefficient (Wildman–Crippen LogP) is -0.559. The van der Waals surface area contributed by atoms with Gasteiger partial charge in [0.1, 0.15) is 18.5 Å². The SMILES string of the molecule is O=CC1C=NC=NC1=O. The van der Waals surface area contributed by atoms with Crippen molar-refractivity contribution >= 4 is 24.7 Å². The van der Waals surface area contributed by atoms with E-state index in [4.69, 9.17) is 0 Å². The molecule has 1 aliphatic heterocycles. The van der Waals surface area contributed by atoms with Crippen molar-refractivity contribution in [2.45, 2.75) is 0 Å². The lowest BCUT2D eigenvalue weighted by molar-refractivity contribution is -0.123. The molecule has 0 aromatic carbocycles. The summed E-state index contributed by atoms with van der Waals surface area (Å²) in [7, 11) is 0. The van der Waals surface area contributed by atoms with Gasteiger partial charge in [0, 0.05) is 6.21 Å². The summed E-state index contributed by atoms with van der Waals surface area (Å²) in [6.45, 7) is 0. The Bertz CT molecular complexity index is 195. The van der Waals surface area contributed by atoms with Crippen LogP contribution in [0.15, 0.2) is 9.98 Å². The van der Waals surface area contributed by atoms with Gasteiger partial charge in [-0.2, -0.15) is 0 Å². The van der Waals surface area contributed by atoms with Gasteiger partial charge in [0.05, 0.1) is 0 Å². The Morgan fingerprint density at radius 3 is 2.89 bits per heavy atom. The van der Waals surface area contributed by atoms with Gasteiger partial charge in [-0.1, -0.05) is 0 Å². The van der Waals surface area contributed by atoms with E-state index < -0.39 is 11.8 Å². The van der Waals surface area contributed by atoms with Gasteiger partial charge in [-0.05, 0) is 0 Å². The van der Waals surface area contributed by atoms with Gasteiger partial charge in [0.2, 0.25) is 0 Å². The molecule has 0 fully saturated rings. The largest absolute Gasteiger partial charge is 0.302 e. The smallest absolute Gasteiger partial charge is 0.262 e. The average Bonchev–Trinajstić information content (AvgIpc) is 1.89. The number of hydrogen-bond acceptors (Lipinski definition) is 3. The molecule has 1 rings (SSSR count). The Morgan fingerprint density at radius 2 is 2.44 bits per heavy atom. The minimum Gasteiger partial charge on any atom is -0.302 e. The highest BCUT2D eigenvalue weighted by Gasteiger charge is 2.14. The number of aldehydes is 1. The molecule has 0 radical (unpaired) electrons. The summed E-state index contributed by atoms with van der Waals surface area (Å²) in [4.78, 5) is 27.3. The summed E-state index contributed by atoms with van der Waals surface area (Å²) in [6, 6.07) is 0. The van der Waals surface area contributed by atoms with Crippen LogP contribution in [-0.4, -0.2) is 24.7 Å². The summed E-state index contributed by atoms with van der Waals surface area (Å²) >= 11 is 0. The lowest BCUT2D eigenvalue weighted by Gasteiger charge is -1.98. The second-order valence-electron chi connectivity index (χ2n) is 1.54. The van der Waals surface area contributed by atoms with Crippen molar-refractivity contribution in [3.63, 3.8) is 0 Å². The molecule has 0 spiro atoms. The summed E-state index contributed by atoms with van der Waals surface area (Å²) in [5.74, 6) is -1.20. The van der Waals surface area contributed by atoms with E-state index in [0.29, 0.717) is 6.29 Å². The first-order valence-electron chi connectivity index (χ1n) is 2.39. The molecule has 4 nitrogen and oxygen atoms in total. The number of aliphatic imine (C=N–C) groups is 2. The number of amides is 1. The fourth-order valence-corrected chi connectivity index (χ4v) is 0.465. The fourth-order valence-electron chi connectivity index (χ4n) is 0.465. The lowest BCUT2D eigenvalue weighted by Crippen LogP contribution is -2.17. The second-order valence-corrected chi connectivity index (χ2v) is 1.54. The third-order valence-electron chi connectivity index (χ3n) is 0.930. The highest BCUT2D eigenvalue weighted by molar-refractivity contribution is 6.12. The number of rotatable bonds is 1. The van der Waals surface area contributed by atoms with Crippen molar-refractivity contribution in [1.29, 1.82) is 0 Å². The van der Waals surface area contributed by atoms with Crippen LogP contribution >= 0.6 is 0 Å². The number of nitrogens with zero attached hydrogens (tertiary/aromatic N) is 2. The summed E-state index contributed by atoms with van der Waals surface area (Å²) in [5.41, 5.74) is 0. The van der Waals surface area contributed by atoms with Crippen molar-refractivity contribution in [1.82, 2.24) is 0 Å². The van der Waals surface area contributed by atoms with E-state index in [1.807, 2.05) is 0 Å². The van der Waals surface area contributed by atoms with Crippen molar-refractivity contribution in [3.05, 3.63) is 0 Å². The van der Waals surface area contributed by atoms with Crippen molar-refractivity contribution in [2.75, 3.05) is 0 Å². The molecule has 1 atom stereocenters. The average molecular weight is 124 g/mol. The van der Waals surface area contributed by atoms with Crippen LogP contribution < -0.4 is 0 Å². The minimum absolute atomic E-state index is 0.444. The molecule has 0 aromatic rings. The normalized spacial score (nSPS) is 24.4. The van der Waals surface area contributed by atoms with E-state index >= 15 is 0 Å². The second kappa shape index (κ2) is 2.30. The maximum absolute atomic E-state index is 10.5. The van der Waals surface area contributed by atoms with Crippen LogP contribution in [0.25, 0.3) is 0 Å². The molecule has 0 bridgehead atoms. The molecular weight excluding hydrogens is 120 g/mol. The Kier molecular flexibility index (Phi) is 1.48. The molecule has 0 aromatic heterocycles. The number of hydrogen-bond donors (Lipinski definition) is 0. The highest BCUT2D eigenvalue weighted by atomic mass is 16.2. The standard InChI is InChI=1S/C5H4N2O2/c8-2-4-1-6-3-7-5(4)9/h1-4H. The van der Waals surface area contributed by atoms with E-state index in [1.54, 1.807) is 0 Å². The molecule has 0 N–H and O–H groups in total. The van der Waals surface area contributed by atoms with E-state index in [0.717, 1.165) is 6.34 Å². The van der Waals surface area contributed by atoms with Crippen molar-refractivity contribution in [2.24, 2.45) is 15.9 Å². The first kappa shape index (κ1) is 5.81. The summed E-state index contributed by atoms with van der Waals surface area (Å²) in [5, 5.41) is 0. The Morgan fingerprint density at radius 1 is 1.67 bits per heavy atom. The maximum atomic E-state index is 10.5. The van der Waals surface area contributed by atoms with Crippen molar-refractivity contribution < 1.29 is 9.59 Å². The molecule has 0 saturated carbocycles. The third-order valence-corrected chi connectivity index (χ3v) is 0.930. The van der Waals surface area contributed by atoms with E-state index in [-0.39, 0.29) is 0 Å². The predicted molar refractivity (Wildman–Crippen MR) is 31.5 cm³/mol. The van der Waals surface area contributed by atoms with Crippen LogP contribution in [0.3, 0.4) is 0 Å². The van der Waals surface area contributed by atoms with Crippen LogP contribution in [0.2, 0.25) is 0 Å². The van der Waals surface area contributed by atoms with Crippen LogP contribution in [-0.2, 0) is 9.59 Å². The van der Waals surface area contributed by atoms with Gasteiger partial charge in [-0.3, -0.25) is 4.79 Å². The minimum atomic E-state index is -0.755. The molecular formula is C5H4N2O2. The van der Waals surface area contributed by atoms with E-state index in [9.17, 15) is 9.59 Å². The van der Waals surface area contributed by atoms with Gasteiger partial charge in [-0.25, -0.2) is 9.98 Å². The lowest BCUT2D eigenvalue weighted by atomic mass is 10.2. The molecule has 1 heterocycles. The topological polar surface area (TPSA) is 58.9 Å². The quantitative estimate of drug-likeness (QED) is 0.347. The van der Waals surface area contributed by atoms with Crippen LogP contribution in [0.1, 0.15) is 0 Å². The first-order chi connectivity index (χ1) is 4.34. The van der Waals surface area contributed by atoms with Crippen LogP contribution in [0, 0.1) is 5.92 Å². The van der Waals surface area contributed by atoms with Gasteiger partial charge < -0.3 is 4.79 Å².